The summed E-state index contributed by atoms with van der Waals surface area (Å²) < 4.78 is 16.7. The molecule has 0 fully saturated rings. The summed E-state index contributed by atoms with van der Waals surface area (Å²) in [5.41, 5.74) is 0. The third-order valence-electron chi connectivity index (χ3n) is 9.69. The second-order valence-corrected chi connectivity index (χ2v) is 15.5. The Morgan fingerprint density at radius 2 is 0.629 bits per heavy atom. The van der Waals surface area contributed by atoms with Crippen molar-refractivity contribution >= 4 is 17.9 Å². The number of carbonyl (C=O) groups excluding carboxylic acids is 3. The van der Waals surface area contributed by atoms with E-state index in [1.807, 2.05) is 109 Å². The van der Waals surface area contributed by atoms with Crippen molar-refractivity contribution in [3.63, 3.8) is 0 Å². The largest absolute Gasteiger partial charge is 0.462 e. The van der Waals surface area contributed by atoms with Crippen LogP contribution in [0.1, 0.15) is 181 Å². The van der Waals surface area contributed by atoms with Gasteiger partial charge in [0, 0.05) is 19.3 Å². The number of hydrogen-bond acceptors (Lipinski definition) is 6. The molecule has 0 aromatic heterocycles. The minimum atomic E-state index is -0.821. The Hall–Kier alpha value is -4.45. The molecule has 0 aromatic carbocycles. The zero-order valence-corrected chi connectivity index (χ0v) is 39.3. The number of unbranched alkanes of at least 4 members (excludes halogenated alkanes) is 17. The molecule has 0 heterocycles. The summed E-state index contributed by atoms with van der Waals surface area (Å²) in [4.78, 5) is 37.9. The van der Waals surface area contributed by atoms with Crippen LogP contribution in [0, 0.1) is 0 Å². The molecule has 0 aliphatic carbocycles. The normalized spacial score (nSPS) is 13.3. The van der Waals surface area contributed by atoms with E-state index in [2.05, 4.69) is 45.1 Å². The van der Waals surface area contributed by atoms with Crippen LogP contribution in [0.3, 0.4) is 0 Å². The first-order valence-corrected chi connectivity index (χ1v) is 24.3. The van der Waals surface area contributed by atoms with Gasteiger partial charge in [0.1, 0.15) is 13.2 Å². The van der Waals surface area contributed by atoms with Crippen molar-refractivity contribution in [2.24, 2.45) is 0 Å². The van der Waals surface area contributed by atoms with Gasteiger partial charge in [0.15, 0.2) is 6.10 Å². The summed E-state index contributed by atoms with van der Waals surface area (Å²) in [6.45, 7) is 6.24. The van der Waals surface area contributed by atoms with E-state index < -0.39 is 6.10 Å². The fraction of sp³-hybridized carbons (Fsp3) is 0.554. The Balaban J connectivity index is 4.59. The zero-order chi connectivity index (χ0) is 45.1. The molecule has 0 bridgehead atoms. The van der Waals surface area contributed by atoms with Gasteiger partial charge in [-0.2, -0.15) is 0 Å². The van der Waals surface area contributed by atoms with Gasteiger partial charge in [-0.15, -0.1) is 0 Å². The lowest BCUT2D eigenvalue weighted by molar-refractivity contribution is -0.167. The molecule has 0 saturated carbocycles. The highest BCUT2D eigenvalue weighted by Crippen LogP contribution is 2.14. The molecule has 1 atom stereocenters. The van der Waals surface area contributed by atoms with Crippen molar-refractivity contribution < 1.29 is 28.6 Å². The Bertz CT molecular complexity index is 1400. The Labute approximate surface area is 379 Å². The predicted octanol–water partition coefficient (Wildman–Crippen LogP) is 15.9. The van der Waals surface area contributed by atoms with Crippen molar-refractivity contribution in [2.75, 3.05) is 13.2 Å². The molecule has 0 N–H and O–H groups in total. The summed E-state index contributed by atoms with van der Waals surface area (Å²) in [6, 6.07) is 0. The lowest BCUT2D eigenvalue weighted by Gasteiger charge is -2.18. The molecular formula is C56H86O6. The highest BCUT2D eigenvalue weighted by molar-refractivity contribution is 5.71. The smallest absolute Gasteiger partial charge is 0.306 e. The zero-order valence-electron chi connectivity index (χ0n) is 39.3. The molecule has 6 nitrogen and oxygen atoms in total. The SMILES string of the molecule is CC\C=C/C=C\C=C/C=C\C=C/CCCCCC(=O)OC(COC(=O)CCCCC\C=C/C=C/C=C\C=C/C=C\C=C/CC)COC(=O)CCCCCCCCCCCCCC. The quantitative estimate of drug-likeness (QED) is 0.0264. The van der Waals surface area contributed by atoms with Gasteiger partial charge < -0.3 is 14.2 Å². The van der Waals surface area contributed by atoms with E-state index in [0.717, 1.165) is 77.0 Å². The van der Waals surface area contributed by atoms with Crippen LogP contribution >= 0.6 is 0 Å². The molecular weight excluding hydrogens is 769 g/mol. The molecule has 6 heteroatoms. The van der Waals surface area contributed by atoms with Crippen LogP contribution < -0.4 is 0 Å². The lowest BCUT2D eigenvalue weighted by atomic mass is 10.0. The van der Waals surface area contributed by atoms with Crippen LogP contribution in [0.15, 0.2) is 134 Å². The topological polar surface area (TPSA) is 78.9 Å². The summed E-state index contributed by atoms with van der Waals surface area (Å²) >= 11 is 0. The van der Waals surface area contributed by atoms with Gasteiger partial charge in [-0.25, -0.2) is 0 Å². The molecule has 0 amide bonds. The number of carbonyl (C=O) groups is 3. The molecule has 0 aromatic rings. The maximum atomic E-state index is 12.8. The van der Waals surface area contributed by atoms with Gasteiger partial charge in [0.05, 0.1) is 0 Å². The third kappa shape index (κ3) is 46.6. The number of esters is 3. The number of rotatable bonds is 41. The Morgan fingerprint density at radius 3 is 0.984 bits per heavy atom. The standard InChI is InChI=1S/C56H86O6/c1-4-7-10-13-16-19-22-25-27-28-30-31-34-37-40-43-46-49-55(58)61-52-53(51-60-54(57)48-45-42-39-36-33-24-21-18-15-12-9-6-3)62-56(59)50-47-44-41-38-35-32-29-26-23-20-17-14-11-8-5-2/h7-8,10-11,13-14,16-17,19-20,22-23,25-32,34-35,53H,4-6,9,12,15,18,21,24,33,36-52H2,1-3H3/b10-7-,11-8-,16-13-,17-14-,22-19-,23-20-,27-25-,29-26-,30-28+,34-31-,35-32-. The highest BCUT2D eigenvalue weighted by Gasteiger charge is 2.19. The van der Waals surface area contributed by atoms with E-state index in [9.17, 15) is 14.4 Å². The van der Waals surface area contributed by atoms with E-state index in [4.69, 9.17) is 14.2 Å². The molecule has 0 spiro atoms. The van der Waals surface area contributed by atoms with Gasteiger partial charge in [0.2, 0.25) is 0 Å². The van der Waals surface area contributed by atoms with Crippen LogP contribution in [0.25, 0.3) is 0 Å². The van der Waals surface area contributed by atoms with E-state index in [1.165, 1.54) is 57.8 Å². The van der Waals surface area contributed by atoms with Gasteiger partial charge in [-0.1, -0.05) is 238 Å². The van der Waals surface area contributed by atoms with E-state index in [1.54, 1.807) is 0 Å². The Morgan fingerprint density at radius 1 is 0.339 bits per heavy atom. The van der Waals surface area contributed by atoms with Gasteiger partial charge in [-0.05, 0) is 57.8 Å². The van der Waals surface area contributed by atoms with Crippen LogP contribution in [-0.4, -0.2) is 37.2 Å². The summed E-state index contributed by atoms with van der Waals surface area (Å²) in [5, 5.41) is 0. The third-order valence-corrected chi connectivity index (χ3v) is 9.69. The summed E-state index contributed by atoms with van der Waals surface area (Å²) in [6.07, 6.45) is 68.5. The first kappa shape index (κ1) is 57.5. The maximum Gasteiger partial charge on any atom is 0.306 e. The van der Waals surface area contributed by atoms with Gasteiger partial charge in [-0.3, -0.25) is 14.4 Å². The first-order valence-electron chi connectivity index (χ1n) is 24.3. The molecule has 0 rings (SSSR count). The van der Waals surface area contributed by atoms with E-state index in [-0.39, 0.29) is 37.5 Å². The minimum Gasteiger partial charge on any atom is -0.462 e. The molecule has 62 heavy (non-hydrogen) atoms. The monoisotopic (exact) mass is 855 g/mol. The lowest BCUT2D eigenvalue weighted by Crippen LogP contribution is -2.30. The fourth-order valence-corrected chi connectivity index (χ4v) is 6.08. The first-order chi connectivity index (χ1) is 30.5. The Kier molecular flexibility index (Phi) is 45.7. The van der Waals surface area contributed by atoms with Crippen molar-refractivity contribution in [2.45, 2.75) is 187 Å². The summed E-state index contributed by atoms with van der Waals surface area (Å²) in [7, 11) is 0. The molecule has 0 aliphatic heterocycles. The van der Waals surface area contributed by atoms with Crippen LogP contribution in [0.4, 0.5) is 0 Å². The van der Waals surface area contributed by atoms with Gasteiger partial charge >= 0.3 is 17.9 Å². The number of hydrogen-bond donors (Lipinski definition) is 0. The van der Waals surface area contributed by atoms with E-state index >= 15 is 0 Å². The minimum absolute atomic E-state index is 0.114. The molecule has 0 radical (unpaired) electrons. The second kappa shape index (κ2) is 49.2. The predicted molar refractivity (Wildman–Crippen MR) is 265 cm³/mol. The van der Waals surface area contributed by atoms with Crippen molar-refractivity contribution in [3.05, 3.63) is 134 Å². The van der Waals surface area contributed by atoms with Crippen LogP contribution in [-0.2, 0) is 28.6 Å². The molecule has 1 unspecified atom stereocenters. The number of ether oxygens (including phenoxy) is 3. The molecule has 0 saturated heterocycles. The molecule has 346 valence electrons. The second-order valence-electron chi connectivity index (χ2n) is 15.5. The van der Waals surface area contributed by atoms with Crippen molar-refractivity contribution in [1.29, 1.82) is 0 Å². The van der Waals surface area contributed by atoms with Crippen molar-refractivity contribution in [3.8, 4) is 0 Å². The average molecular weight is 855 g/mol. The maximum absolute atomic E-state index is 12.8. The average Bonchev–Trinajstić information content (AvgIpc) is 3.27. The summed E-state index contributed by atoms with van der Waals surface area (Å²) in [5.74, 6) is -1.01. The van der Waals surface area contributed by atoms with E-state index in [0.29, 0.717) is 19.3 Å². The van der Waals surface area contributed by atoms with Gasteiger partial charge in [0.25, 0.3) is 0 Å². The fourth-order valence-electron chi connectivity index (χ4n) is 6.08. The van der Waals surface area contributed by atoms with Crippen LogP contribution in [0.2, 0.25) is 0 Å². The van der Waals surface area contributed by atoms with Crippen LogP contribution in [0.5, 0.6) is 0 Å². The highest BCUT2D eigenvalue weighted by atomic mass is 16.6. The number of allylic oxidation sites excluding steroid dienone is 22. The molecule has 0 aliphatic rings. The van der Waals surface area contributed by atoms with Crippen molar-refractivity contribution in [1.82, 2.24) is 0 Å².